The maximum Gasteiger partial charge on any atom is 0.319 e. The molecule has 0 aromatic carbocycles. The molecule has 0 saturated heterocycles. The van der Waals surface area contributed by atoms with E-state index in [1.54, 1.807) is 24.5 Å². The van der Waals surface area contributed by atoms with E-state index < -0.39 is 0 Å². The fourth-order valence-electron chi connectivity index (χ4n) is 2.37. The molecule has 1 fully saturated rings. The van der Waals surface area contributed by atoms with E-state index in [2.05, 4.69) is 15.6 Å². The normalized spacial score (nSPS) is 15.8. The van der Waals surface area contributed by atoms with E-state index in [0.29, 0.717) is 18.3 Å². The van der Waals surface area contributed by atoms with Crippen LogP contribution in [-0.4, -0.2) is 30.3 Å². The van der Waals surface area contributed by atoms with Crippen molar-refractivity contribution < 1.29 is 9.53 Å². The quantitative estimate of drug-likeness (QED) is 0.786. The van der Waals surface area contributed by atoms with Crippen molar-refractivity contribution in [2.75, 3.05) is 18.5 Å². The molecule has 0 radical (unpaired) electrons. The molecule has 2 amide bonds. The zero-order valence-corrected chi connectivity index (χ0v) is 11.8. The molecular weight excluding hydrogens is 254 g/mol. The summed E-state index contributed by atoms with van der Waals surface area (Å²) in [7, 11) is 0. The van der Waals surface area contributed by atoms with Gasteiger partial charge in [0.1, 0.15) is 0 Å². The zero-order valence-electron chi connectivity index (χ0n) is 11.8. The molecule has 0 atom stereocenters. The summed E-state index contributed by atoms with van der Waals surface area (Å²) in [4.78, 5) is 15.5. The molecule has 5 nitrogen and oxygen atoms in total. The van der Waals surface area contributed by atoms with Crippen LogP contribution in [0.15, 0.2) is 24.5 Å². The molecule has 110 valence electrons. The number of anilines is 1. The lowest BCUT2D eigenvalue weighted by Gasteiger charge is -2.21. The van der Waals surface area contributed by atoms with Crippen molar-refractivity contribution in [2.45, 2.75) is 44.6 Å². The van der Waals surface area contributed by atoms with Gasteiger partial charge in [0.15, 0.2) is 0 Å². The lowest BCUT2D eigenvalue weighted by atomic mass is 9.98. The fraction of sp³-hybridized carbons (Fsp3) is 0.600. The van der Waals surface area contributed by atoms with Crippen molar-refractivity contribution in [1.29, 1.82) is 0 Å². The minimum atomic E-state index is -0.198. The molecule has 1 heterocycles. The Morgan fingerprint density at radius 3 is 2.95 bits per heavy atom. The van der Waals surface area contributed by atoms with E-state index in [4.69, 9.17) is 4.74 Å². The lowest BCUT2D eigenvalue weighted by Crippen LogP contribution is -2.30. The molecule has 0 unspecified atom stereocenters. The molecule has 1 aromatic rings. The zero-order chi connectivity index (χ0) is 14.0. The van der Waals surface area contributed by atoms with E-state index in [1.807, 2.05) is 0 Å². The summed E-state index contributed by atoms with van der Waals surface area (Å²) in [5.74, 6) is 0. The molecule has 5 heteroatoms. The molecule has 1 aromatic heterocycles. The highest BCUT2D eigenvalue weighted by molar-refractivity contribution is 5.88. The third-order valence-electron chi connectivity index (χ3n) is 3.43. The average molecular weight is 277 g/mol. The maximum absolute atomic E-state index is 11.6. The Balaban J connectivity index is 1.51. The smallest absolute Gasteiger partial charge is 0.319 e. The predicted molar refractivity (Wildman–Crippen MR) is 78.7 cm³/mol. The third-order valence-corrected chi connectivity index (χ3v) is 3.43. The molecule has 1 saturated carbocycles. The van der Waals surface area contributed by atoms with Crippen LogP contribution in [0.2, 0.25) is 0 Å². The minimum absolute atomic E-state index is 0.198. The van der Waals surface area contributed by atoms with Gasteiger partial charge in [-0.25, -0.2) is 4.79 Å². The molecule has 2 N–H and O–H groups in total. The Morgan fingerprint density at radius 2 is 2.20 bits per heavy atom. The lowest BCUT2D eigenvalue weighted by molar-refractivity contribution is 0.0276. The number of urea groups is 1. The van der Waals surface area contributed by atoms with Crippen molar-refractivity contribution in [3.63, 3.8) is 0 Å². The van der Waals surface area contributed by atoms with E-state index in [0.717, 1.165) is 13.0 Å². The Kier molecular flexibility index (Phi) is 6.31. The summed E-state index contributed by atoms with van der Waals surface area (Å²) < 4.78 is 5.80. The monoisotopic (exact) mass is 277 g/mol. The van der Waals surface area contributed by atoms with Gasteiger partial charge >= 0.3 is 6.03 Å². The van der Waals surface area contributed by atoms with Gasteiger partial charge in [0.05, 0.1) is 18.0 Å². The second-order valence-electron chi connectivity index (χ2n) is 5.11. The van der Waals surface area contributed by atoms with Gasteiger partial charge in [-0.15, -0.1) is 0 Å². The molecule has 1 aliphatic carbocycles. The van der Waals surface area contributed by atoms with Gasteiger partial charge < -0.3 is 15.4 Å². The summed E-state index contributed by atoms with van der Waals surface area (Å²) >= 11 is 0. The number of rotatable bonds is 6. The van der Waals surface area contributed by atoms with Crippen molar-refractivity contribution in [2.24, 2.45) is 0 Å². The number of hydrogen-bond acceptors (Lipinski definition) is 3. The summed E-state index contributed by atoms with van der Waals surface area (Å²) in [5.41, 5.74) is 0.698. The molecule has 1 aliphatic rings. The van der Waals surface area contributed by atoms with E-state index in [1.165, 1.54) is 32.1 Å². The standard InChI is InChI=1S/C15H23N3O2/c19-15(18-13-6-4-9-16-12-13)17-10-5-11-20-14-7-2-1-3-8-14/h4,6,9,12,14H,1-3,5,7-8,10-11H2,(H2,17,18,19). The molecule has 0 bridgehead atoms. The van der Waals surface area contributed by atoms with E-state index in [-0.39, 0.29) is 6.03 Å². The number of nitrogens with zero attached hydrogens (tertiary/aromatic N) is 1. The highest BCUT2D eigenvalue weighted by Crippen LogP contribution is 2.20. The summed E-state index contributed by atoms with van der Waals surface area (Å²) in [6.07, 6.45) is 10.9. The largest absolute Gasteiger partial charge is 0.378 e. The van der Waals surface area contributed by atoms with Gasteiger partial charge in [0, 0.05) is 19.3 Å². The van der Waals surface area contributed by atoms with Crippen molar-refractivity contribution >= 4 is 11.7 Å². The first-order valence-electron chi connectivity index (χ1n) is 7.41. The van der Waals surface area contributed by atoms with E-state index >= 15 is 0 Å². The SMILES string of the molecule is O=C(NCCCOC1CCCCC1)Nc1cccnc1. The third kappa shape index (κ3) is 5.57. The fourth-order valence-corrected chi connectivity index (χ4v) is 2.37. The maximum atomic E-state index is 11.6. The molecule has 0 aliphatic heterocycles. The molecule has 2 rings (SSSR count). The van der Waals surface area contributed by atoms with Crippen LogP contribution < -0.4 is 10.6 Å². The topological polar surface area (TPSA) is 63.2 Å². The van der Waals surface area contributed by atoms with Gasteiger partial charge in [-0.05, 0) is 31.4 Å². The number of hydrogen-bond donors (Lipinski definition) is 2. The number of aromatic nitrogens is 1. The van der Waals surface area contributed by atoms with Crippen molar-refractivity contribution in [3.05, 3.63) is 24.5 Å². The number of carbonyl (C=O) groups is 1. The van der Waals surface area contributed by atoms with Gasteiger partial charge in [-0.3, -0.25) is 4.98 Å². The number of pyridine rings is 1. The predicted octanol–water partition coefficient (Wildman–Crippen LogP) is 2.94. The molecular formula is C15H23N3O2. The van der Waals surface area contributed by atoms with Crippen molar-refractivity contribution in [1.82, 2.24) is 10.3 Å². The second-order valence-corrected chi connectivity index (χ2v) is 5.11. The van der Waals surface area contributed by atoms with Gasteiger partial charge in [0.2, 0.25) is 0 Å². The van der Waals surface area contributed by atoms with Crippen LogP contribution in [0.5, 0.6) is 0 Å². The van der Waals surface area contributed by atoms with Crippen LogP contribution in [0.4, 0.5) is 10.5 Å². The molecule has 20 heavy (non-hydrogen) atoms. The average Bonchev–Trinajstić information content (AvgIpc) is 2.49. The Hall–Kier alpha value is -1.62. The molecule has 0 spiro atoms. The van der Waals surface area contributed by atoms with Crippen LogP contribution in [-0.2, 0) is 4.74 Å². The van der Waals surface area contributed by atoms with Crippen LogP contribution in [0.1, 0.15) is 38.5 Å². The highest BCUT2D eigenvalue weighted by atomic mass is 16.5. The number of carbonyl (C=O) groups excluding carboxylic acids is 1. The van der Waals surface area contributed by atoms with Crippen LogP contribution in [0.25, 0.3) is 0 Å². The van der Waals surface area contributed by atoms with Crippen LogP contribution in [0.3, 0.4) is 0 Å². The number of nitrogens with one attached hydrogen (secondary N) is 2. The number of amides is 2. The van der Waals surface area contributed by atoms with Gasteiger partial charge in [-0.2, -0.15) is 0 Å². The Bertz CT molecular complexity index is 391. The van der Waals surface area contributed by atoms with Gasteiger partial charge in [0.25, 0.3) is 0 Å². The van der Waals surface area contributed by atoms with Crippen LogP contribution >= 0.6 is 0 Å². The van der Waals surface area contributed by atoms with Crippen molar-refractivity contribution in [3.8, 4) is 0 Å². The van der Waals surface area contributed by atoms with Gasteiger partial charge in [-0.1, -0.05) is 19.3 Å². The minimum Gasteiger partial charge on any atom is -0.378 e. The Labute approximate surface area is 120 Å². The first-order chi connectivity index (χ1) is 9.84. The first-order valence-corrected chi connectivity index (χ1v) is 7.41. The number of ether oxygens (including phenoxy) is 1. The van der Waals surface area contributed by atoms with E-state index in [9.17, 15) is 4.79 Å². The summed E-state index contributed by atoms with van der Waals surface area (Å²) in [6, 6.07) is 3.39. The second kappa shape index (κ2) is 8.53. The summed E-state index contributed by atoms with van der Waals surface area (Å²) in [6.45, 7) is 1.34. The summed E-state index contributed by atoms with van der Waals surface area (Å²) in [5, 5.41) is 5.54. The highest BCUT2D eigenvalue weighted by Gasteiger charge is 2.12. The Morgan fingerprint density at radius 1 is 1.35 bits per heavy atom. The first kappa shape index (κ1) is 14.8. The van der Waals surface area contributed by atoms with Crippen LogP contribution in [0, 0.1) is 0 Å².